The van der Waals surface area contributed by atoms with Crippen molar-refractivity contribution >= 4 is 35.3 Å². The van der Waals surface area contributed by atoms with E-state index in [1.54, 1.807) is 17.2 Å². The number of hydrogen-bond acceptors (Lipinski definition) is 7. The van der Waals surface area contributed by atoms with Gasteiger partial charge in [-0.25, -0.2) is 9.78 Å². The van der Waals surface area contributed by atoms with Gasteiger partial charge in [0.1, 0.15) is 5.75 Å². The molecule has 39 heavy (non-hydrogen) atoms. The molecule has 202 valence electrons. The number of hydrogen-bond donors (Lipinski definition) is 4. The van der Waals surface area contributed by atoms with Crippen molar-refractivity contribution in [2.24, 2.45) is 5.92 Å². The zero-order valence-corrected chi connectivity index (χ0v) is 22.1. The maximum atomic E-state index is 13.4. The van der Waals surface area contributed by atoms with Gasteiger partial charge in [-0.2, -0.15) is 0 Å². The number of benzene rings is 1. The quantitative estimate of drug-likeness (QED) is 0.394. The average molecular weight is 547 g/mol. The molecule has 0 spiro atoms. The van der Waals surface area contributed by atoms with Crippen molar-refractivity contribution in [3.05, 3.63) is 71.9 Å². The Morgan fingerprint density at radius 2 is 1.90 bits per heavy atom. The van der Waals surface area contributed by atoms with Crippen LogP contribution in [0, 0.1) is 5.92 Å². The Bertz CT molecular complexity index is 1320. The van der Waals surface area contributed by atoms with Gasteiger partial charge in [-0.3, -0.25) is 14.5 Å². The maximum absolute atomic E-state index is 13.4. The number of urea groups is 1. The predicted octanol–water partition coefficient (Wildman–Crippen LogP) is 3.01. The Kier molecular flexibility index (Phi) is 7.01. The molecule has 1 saturated carbocycles. The fourth-order valence-corrected chi connectivity index (χ4v) is 7.26. The minimum absolute atomic E-state index is 0.0144. The van der Waals surface area contributed by atoms with E-state index in [0.717, 1.165) is 25.8 Å². The van der Waals surface area contributed by atoms with Crippen LogP contribution in [0.15, 0.2) is 71.9 Å². The first-order chi connectivity index (χ1) is 19.0. The lowest BCUT2D eigenvalue weighted by atomic mass is 9.86. The number of pyridine rings is 1. The molecule has 3 unspecified atom stereocenters. The molecule has 11 heteroatoms. The maximum Gasteiger partial charge on any atom is 0.326 e. The zero-order chi connectivity index (χ0) is 26.9. The number of thioether (sulfide) groups is 1. The second kappa shape index (κ2) is 10.7. The fourth-order valence-electron chi connectivity index (χ4n) is 5.86. The summed E-state index contributed by atoms with van der Waals surface area (Å²) in [6, 6.07) is 12.6. The molecule has 1 aliphatic carbocycles. The predicted molar refractivity (Wildman–Crippen MR) is 148 cm³/mol. The first-order valence-corrected chi connectivity index (χ1v) is 14.1. The molecule has 2 aromatic rings. The Labute approximate surface area is 230 Å². The van der Waals surface area contributed by atoms with Crippen molar-refractivity contribution in [2.75, 3.05) is 11.4 Å². The van der Waals surface area contributed by atoms with Crippen LogP contribution in [0.2, 0.25) is 0 Å². The standard InChI is InChI=1S/C28H30N6O4S/c1-2-21(35)31-16-8-9-17(14-16)32-26(36)25-24-23-20(12-13-29-27(23)39-25)34(28(37)33-24)18-10-11-22(30-15-18)38-19-6-4-3-5-7-19/h2-7,10-11,15-17,20,23,27,29H,1,8-9,12-14H2,(H,31,35)(H,32,36)(H,33,37)/t16-,17-,20?,23?,27?/m1/s1. The second-order valence-corrected chi connectivity index (χ2v) is 11.2. The molecule has 1 aromatic carbocycles. The van der Waals surface area contributed by atoms with Crippen molar-refractivity contribution in [3.63, 3.8) is 0 Å². The lowest BCUT2D eigenvalue weighted by Gasteiger charge is -2.45. The minimum Gasteiger partial charge on any atom is -0.439 e. The number of aromatic nitrogens is 1. The van der Waals surface area contributed by atoms with Crippen molar-refractivity contribution in [1.29, 1.82) is 0 Å². The zero-order valence-electron chi connectivity index (χ0n) is 21.3. The molecule has 0 bridgehead atoms. The number of anilines is 1. The number of nitrogens with one attached hydrogen (secondary N) is 4. The number of para-hydroxylation sites is 1. The molecular weight excluding hydrogens is 516 g/mol. The van der Waals surface area contributed by atoms with E-state index in [4.69, 9.17) is 4.74 Å². The monoisotopic (exact) mass is 546 g/mol. The summed E-state index contributed by atoms with van der Waals surface area (Å²) in [5.74, 6) is 0.703. The van der Waals surface area contributed by atoms with Crippen LogP contribution >= 0.6 is 11.8 Å². The number of rotatable bonds is 7. The van der Waals surface area contributed by atoms with Crippen molar-refractivity contribution in [1.82, 2.24) is 26.3 Å². The van der Waals surface area contributed by atoms with Gasteiger partial charge < -0.3 is 26.0 Å². The van der Waals surface area contributed by atoms with Gasteiger partial charge in [0.05, 0.1) is 28.2 Å². The normalized spacial score (nSPS) is 27.4. The second-order valence-electron chi connectivity index (χ2n) is 10.1. The number of carbonyl (C=O) groups excluding carboxylic acids is 3. The largest absolute Gasteiger partial charge is 0.439 e. The summed E-state index contributed by atoms with van der Waals surface area (Å²) in [6.45, 7) is 4.23. The molecule has 1 aromatic heterocycles. The fraction of sp³-hybridized carbons (Fsp3) is 0.357. The Hall–Kier alpha value is -3.83. The van der Waals surface area contributed by atoms with E-state index in [0.29, 0.717) is 34.3 Å². The molecule has 3 fully saturated rings. The topological polar surface area (TPSA) is 125 Å². The summed E-state index contributed by atoms with van der Waals surface area (Å²) in [5, 5.41) is 12.6. The third-order valence-corrected chi connectivity index (χ3v) is 8.97. The highest BCUT2D eigenvalue weighted by Gasteiger charge is 2.52. The molecule has 0 radical (unpaired) electrons. The summed E-state index contributed by atoms with van der Waals surface area (Å²) in [4.78, 5) is 45.2. The average Bonchev–Trinajstić information content (AvgIpc) is 3.55. The third-order valence-electron chi connectivity index (χ3n) is 7.61. The van der Waals surface area contributed by atoms with Gasteiger partial charge >= 0.3 is 6.03 Å². The van der Waals surface area contributed by atoms with Crippen LogP contribution < -0.4 is 30.9 Å². The lowest BCUT2D eigenvalue weighted by Crippen LogP contribution is -2.62. The van der Waals surface area contributed by atoms with E-state index in [9.17, 15) is 14.4 Å². The van der Waals surface area contributed by atoms with Crippen LogP contribution in [-0.2, 0) is 9.59 Å². The van der Waals surface area contributed by atoms with Gasteiger partial charge in [0, 0.05) is 29.8 Å². The summed E-state index contributed by atoms with van der Waals surface area (Å²) in [7, 11) is 0. The molecule has 3 aliphatic heterocycles. The van der Waals surface area contributed by atoms with Gasteiger partial charge in [-0.15, -0.1) is 0 Å². The van der Waals surface area contributed by atoms with E-state index in [1.165, 1.54) is 17.8 Å². The van der Waals surface area contributed by atoms with Crippen LogP contribution in [0.5, 0.6) is 11.6 Å². The Balaban J connectivity index is 1.17. The van der Waals surface area contributed by atoms with Gasteiger partial charge in [0.2, 0.25) is 11.8 Å². The number of nitrogens with zero attached hydrogens (tertiary/aromatic N) is 2. The third kappa shape index (κ3) is 5.11. The number of piperidine rings is 1. The number of ether oxygens (including phenoxy) is 1. The minimum atomic E-state index is -0.272. The van der Waals surface area contributed by atoms with Gasteiger partial charge in [0.15, 0.2) is 0 Å². The van der Waals surface area contributed by atoms with E-state index in [2.05, 4.69) is 32.8 Å². The summed E-state index contributed by atoms with van der Waals surface area (Å²) < 4.78 is 5.80. The molecule has 2 saturated heterocycles. The van der Waals surface area contributed by atoms with Crippen LogP contribution in [0.4, 0.5) is 10.5 Å². The Morgan fingerprint density at radius 3 is 2.64 bits per heavy atom. The van der Waals surface area contributed by atoms with Crippen molar-refractivity contribution in [2.45, 2.75) is 49.2 Å². The lowest BCUT2D eigenvalue weighted by molar-refractivity contribution is -0.117. The highest BCUT2D eigenvalue weighted by atomic mass is 32.2. The van der Waals surface area contributed by atoms with Crippen LogP contribution in [-0.4, -0.2) is 52.9 Å². The van der Waals surface area contributed by atoms with Gasteiger partial charge in [0.25, 0.3) is 5.91 Å². The first kappa shape index (κ1) is 25.4. The smallest absolute Gasteiger partial charge is 0.326 e. The molecule has 4 amide bonds. The van der Waals surface area contributed by atoms with E-state index in [-0.39, 0.29) is 47.3 Å². The molecule has 4 aliphatic rings. The number of amides is 4. The van der Waals surface area contributed by atoms with Gasteiger partial charge in [-0.1, -0.05) is 36.5 Å². The van der Waals surface area contributed by atoms with Crippen molar-refractivity contribution in [3.8, 4) is 11.6 Å². The highest BCUT2D eigenvalue weighted by molar-refractivity contribution is 8.04. The van der Waals surface area contributed by atoms with Crippen LogP contribution in [0.3, 0.4) is 0 Å². The SMILES string of the molecule is C=CC(=O)N[C@@H]1CC[C@@H](NC(=O)C2=C3NC(=O)N(c4ccc(Oc5ccccc5)nc4)C4CCNC(S2)C34)C1. The summed E-state index contributed by atoms with van der Waals surface area (Å²) in [5.41, 5.74) is 1.37. The molecular formula is C28H30N6O4S. The first-order valence-electron chi connectivity index (χ1n) is 13.2. The number of carbonyl (C=O) groups is 3. The molecule has 5 atom stereocenters. The van der Waals surface area contributed by atoms with E-state index >= 15 is 0 Å². The molecule has 10 nitrogen and oxygen atoms in total. The summed E-state index contributed by atoms with van der Waals surface area (Å²) >= 11 is 1.48. The Morgan fingerprint density at radius 1 is 1.10 bits per heavy atom. The summed E-state index contributed by atoms with van der Waals surface area (Å²) in [6.07, 6.45) is 5.92. The van der Waals surface area contributed by atoms with Crippen LogP contribution in [0.25, 0.3) is 0 Å². The van der Waals surface area contributed by atoms with Gasteiger partial charge in [-0.05, 0) is 56.5 Å². The van der Waals surface area contributed by atoms with E-state index < -0.39 is 0 Å². The van der Waals surface area contributed by atoms with E-state index in [1.807, 2.05) is 36.4 Å². The molecule has 4 N–H and O–H groups in total. The molecule has 4 heterocycles. The highest BCUT2D eigenvalue weighted by Crippen LogP contribution is 2.48. The van der Waals surface area contributed by atoms with Crippen LogP contribution in [0.1, 0.15) is 25.7 Å². The molecule has 6 rings (SSSR count). The van der Waals surface area contributed by atoms with Crippen molar-refractivity contribution < 1.29 is 19.1 Å².